The van der Waals surface area contributed by atoms with Gasteiger partial charge in [-0.1, -0.05) is 0 Å². The Morgan fingerprint density at radius 1 is 1.75 bits per heavy atom. The largest absolute Gasteiger partial charge is 0.438 e. The highest BCUT2D eigenvalue weighted by molar-refractivity contribution is 5.73. The Hall–Kier alpha value is -1.10. The molecule has 0 aromatic carbocycles. The molecule has 0 saturated carbocycles. The van der Waals surface area contributed by atoms with Crippen LogP contribution in [0.1, 0.15) is 0 Å². The topological polar surface area (TPSA) is 64.6 Å². The Balaban J connectivity index is 3.18. The molecule has 0 bridgehead atoms. The summed E-state index contributed by atoms with van der Waals surface area (Å²) >= 11 is 0. The van der Waals surface area contributed by atoms with Crippen molar-refractivity contribution in [2.45, 2.75) is 0 Å². The van der Waals surface area contributed by atoms with E-state index < -0.39 is 6.09 Å². The molecule has 0 unspecified atom stereocenters. The maximum atomic E-state index is 9.95. The zero-order chi connectivity index (χ0) is 6.41. The Bertz CT molecular complexity index is 91.3. The van der Waals surface area contributed by atoms with Gasteiger partial charge in [-0.25, -0.2) is 4.79 Å². The van der Waals surface area contributed by atoms with Gasteiger partial charge >= 0.3 is 12.6 Å². The second-order valence-corrected chi connectivity index (χ2v) is 0.808. The molecule has 0 saturated heterocycles. The smallest absolute Gasteiger partial charge is 0.377 e. The SMILES string of the molecule is CONC(=O)OC=O. The number of ether oxygens (including phenoxy) is 1. The molecule has 0 atom stereocenters. The second kappa shape index (κ2) is 4.07. The third-order valence-corrected chi connectivity index (χ3v) is 0.341. The van der Waals surface area contributed by atoms with Gasteiger partial charge in [0.2, 0.25) is 0 Å². The van der Waals surface area contributed by atoms with Gasteiger partial charge in [0.1, 0.15) is 0 Å². The highest BCUT2D eigenvalue weighted by atomic mass is 16.7. The van der Waals surface area contributed by atoms with Crippen molar-refractivity contribution in [3.8, 4) is 0 Å². The van der Waals surface area contributed by atoms with Crippen molar-refractivity contribution in [2.24, 2.45) is 0 Å². The van der Waals surface area contributed by atoms with Crippen molar-refractivity contribution in [1.82, 2.24) is 5.48 Å². The van der Waals surface area contributed by atoms with Gasteiger partial charge in [-0.3, -0.25) is 9.63 Å². The highest BCUT2D eigenvalue weighted by Crippen LogP contribution is 1.67. The first-order valence-corrected chi connectivity index (χ1v) is 1.74. The Morgan fingerprint density at radius 2 is 2.38 bits per heavy atom. The van der Waals surface area contributed by atoms with Crippen molar-refractivity contribution in [1.29, 1.82) is 0 Å². The van der Waals surface area contributed by atoms with Crippen LogP contribution in [0, 0.1) is 0 Å². The minimum absolute atomic E-state index is 0.00829. The number of carbonyl (C=O) groups is 2. The van der Waals surface area contributed by atoms with Gasteiger partial charge in [-0.2, -0.15) is 5.48 Å². The van der Waals surface area contributed by atoms with Crippen molar-refractivity contribution < 1.29 is 19.2 Å². The van der Waals surface area contributed by atoms with Crippen LogP contribution in [-0.2, 0) is 14.4 Å². The monoisotopic (exact) mass is 119 g/mol. The van der Waals surface area contributed by atoms with Crippen LogP contribution in [0.15, 0.2) is 0 Å². The van der Waals surface area contributed by atoms with Crippen molar-refractivity contribution in [2.75, 3.05) is 7.11 Å². The number of hydroxylamine groups is 1. The highest BCUT2D eigenvalue weighted by Gasteiger charge is 1.94. The zero-order valence-electron chi connectivity index (χ0n) is 4.21. The number of nitrogens with one attached hydrogen (secondary N) is 1. The van der Waals surface area contributed by atoms with Gasteiger partial charge in [-0.15, -0.1) is 0 Å². The molecule has 0 aromatic heterocycles. The zero-order valence-corrected chi connectivity index (χ0v) is 4.21. The van der Waals surface area contributed by atoms with Crippen LogP contribution in [0.25, 0.3) is 0 Å². The lowest BCUT2D eigenvalue weighted by atomic mass is 11.2. The van der Waals surface area contributed by atoms with Crippen LogP contribution in [0.3, 0.4) is 0 Å². The summed E-state index contributed by atoms with van der Waals surface area (Å²) in [4.78, 5) is 23.4. The molecule has 5 nitrogen and oxygen atoms in total. The first-order valence-electron chi connectivity index (χ1n) is 1.74. The molecule has 5 heteroatoms. The molecule has 8 heavy (non-hydrogen) atoms. The lowest BCUT2D eigenvalue weighted by Crippen LogP contribution is -2.21. The van der Waals surface area contributed by atoms with Gasteiger partial charge in [0, 0.05) is 0 Å². The molecule has 0 aliphatic carbocycles. The summed E-state index contributed by atoms with van der Waals surface area (Å²) in [5, 5.41) is 0. The average molecular weight is 119 g/mol. The summed E-state index contributed by atoms with van der Waals surface area (Å²) in [6.45, 7) is 0.00829. The van der Waals surface area contributed by atoms with E-state index in [1.54, 1.807) is 5.48 Å². The second-order valence-electron chi connectivity index (χ2n) is 0.808. The third kappa shape index (κ3) is 3.10. The van der Waals surface area contributed by atoms with E-state index in [2.05, 4.69) is 9.57 Å². The first-order chi connectivity index (χ1) is 3.81. The Morgan fingerprint density at radius 3 is 2.75 bits per heavy atom. The Kier molecular flexibility index (Phi) is 3.51. The van der Waals surface area contributed by atoms with Crippen LogP contribution in [-0.4, -0.2) is 19.7 Å². The predicted octanol–water partition coefficient (Wildman–Crippen LogP) is -0.570. The van der Waals surface area contributed by atoms with E-state index in [0.717, 1.165) is 0 Å². The molecule has 0 heterocycles. The Labute approximate surface area is 45.5 Å². The van der Waals surface area contributed by atoms with Crippen LogP contribution < -0.4 is 5.48 Å². The van der Waals surface area contributed by atoms with Gasteiger partial charge in [0.25, 0.3) is 0 Å². The van der Waals surface area contributed by atoms with E-state index in [-0.39, 0.29) is 6.47 Å². The quantitative estimate of drug-likeness (QED) is 0.300. The first kappa shape index (κ1) is 6.90. The fourth-order valence-electron chi connectivity index (χ4n) is 0.151. The number of hydrogen-bond acceptors (Lipinski definition) is 4. The number of rotatable bonds is 2. The van der Waals surface area contributed by atoms with E-state index in [1.807, 2.05) is 0 Å². The summed E-state index contributed by atoms with van der Waals surface area (Å²) in [7, 11) is 1.23. The molecule has 46 valence electrons. The van der Waals surface area contributed by atoms with E-state index in [9.17, 15) is 9.59 Å². The molecule has 0 aliphatic heterocycles. The van der Waals surface area contributed by atoms with Gasteiger partial charge in [0.15, 0.2) is 0 Å². The standard InChI is InChI=1S/C3H5NO4/c1-7-4-3(6)8-2-5/h2H,1H3,(H,4,6). The molecular formula is C3H5NO4. The van der Waals surface area contributed by atoms with Crippen molar-refractivity contribution in [3.63, 3.8) is 0 Å². The average Bonchev–Trinajstić information content (AvgIpc) is 1.68. The fourth-order valence-corrected chi connectivity index (χ4v) is 0.151. The van der Waals surface area contributed by atoms with Gasteiger partial charge in [0.05, 0.1) is 7.11 Å². The lowest BCUT2D eigenvalue weighted by Gasteiger charge is -1.94. The molecule has 1 amide bonds. The van der Waals surface area contributed by atoms with Gasteiger partial charge in [-0.05, 0) is 0 Å². The number of hydrogen-bond donors (Lipinski definition) is 1. The van der Waals surface area contributed by atoms with Crippen LogP contribution in [0.2, 0.25) is 0 Å². The summed E-state index contributed by atoms with van der Waals surface area (Å²) in [5.41, 5.74) is 1.75. The number of carbonyl (C=O) groups excluding carboxylic acids is 2. The number of amides is 1. The summed E-state index contributed by atoms with van der Waals surface area (Å²) in [5.74, 6) is 0. The minimum Gasteiger partial charge on any atom is -0.377 e. The van der Waals surface area contributed by atoms with Gasteiger partial charge < -0.3 is 4.74 Å². The van der Waals surface area contributed by atoms with E-state index >= 15 is 0 Å². The third-order valence-electron chi connectivity index (χ3n) is 0.341. The minimum atomic E-state index is -0.928. The van der Waals surface area contributed by atoms with Crippen molar-refractivity contribution in [3.05, 3.63) is 0 Å². The van der Waals surface area contributed by atoms with E-state index in [4.69, 9.17) is 0 Å². The molecule has 0 aromatic rings. The maximum Gasteiger partial charge on any atom is 0.438 e. The summed E-state index contributed by atoms with van der Waals surface area (Å²) in [6, 6.07) is 0. The molecule has 0 fully saturated rings. The molecule has 0 spiro atoms. The normalized spacial score (nSPS) is 7.62. The van der Waals surface area contributed by atoms with Crippen LogP contribution in [0.4, 0.5) is 4.79 Å². The summed E-state index contributed by atoms with van der Waals surface area (Å²) < 4.78 is 3.73. The fraction of sp³-hybridized carbons (Fsp3) is 0.333. The van der Waals surface area contributed by atoms with E-state index in [0.29, 0.717) is 0 Å². The van der Waals surface area contributed by atoms with Crippen LogP contribution in [0.5, 0.6) is 0 Å². The molecule has 0 rings (SSSR count). The molecular weight excluding hydrogens is 114 g/mol. The van der Waals surface area contributed by atoms with Crippen LogP contribution >= 0.6 is 0 Å². The predicted molar refractivity (Wildman–Crippen MR) is 22.7 cm³/mol. The lowest BCUT2D eigenvalue weighted by molar-refractivity contribution is -0.124. The molecule has 0 radical (unpaired) electrons. The van der Waals surface area contributed by atoms with Crippen molar-refractivity contribution >= 4 is 12.6 Å². The van der Waals surface area contributed by atoms with E-state index in [1.165, 1.54) is 7.11 Å². The molecule has 1 N–H and O–H groups in total. The molecule has 0 aliphatic rings. The summed E-state index contributed by atoms with van der Waals surface area (Å²) in [6.07, 6.45) is -0.928. The maximum absolute atomic E-state index is 9.95.